The highest BCUT2D eigenvalue weighted by Crippen LogP contribution is 2.44. The number of hydrogen-bond acceptors (Lipinski definition) is 5. The van der Waals surface area contributed by atoms with Gasteiger partial charge in [0.2, 0.25) is 5.91 Å². The van der Waals surface area contributed by atoms with Crippen LogP contribution in [0.15, 0.2) is 48.5 Å². The third kappa shape index (κ3) is 5.01. The molecule has 2 amide bonds. The number of carbonyl (C=O) groups excluding carboxylic acids is 2. The second kappa shape index (κ2) is 10.0. The van der Waals surface area contributed by atoms with E-state index in [0.29, 0.717) is 19.3 Å². The van der Waals surface area contributed by atoms with Crippen LogP contribution in [0, 0.1) is 5.92 Å². The number of fused-ring (bicyclic) bond motifs is 3. The fourth-order valence-corrected chi connectivity index (χ4v) is 4.79. The maximum atomic E-state index is 12.5. The molecule has 2 aliphatic carbocycles. The number of methoxy groups -OCH3 is 1. The summed E-state index contributed by atoms with van der Waals surface area (Å²) in [6.07, 6.45) is 1.13. The summed E-state index contributed by atoms with van der Waals surface area (Å²) in [7, 11) is 1.38. The zero-order valence-electron chi connectivity index (χ0n) is 18.5. The van der Waals surface area contributed by atoms with Crippen LogP contribution in [0.25, 0.3) is 11.1 Å². The van der Waals surface area contributed by atoms with E-state index in [9.17, 15) is 19.5 Å². The van der Waals surface area contributed by atoms with Gasteiger partial charge >= 0.3 is 12.1 Å². The molecule has 0 aliphatic heterocycles. The number of carboxylic acid groups (broad SMARTS) is 1. The molecule has 1 saturated carbocycles. The van der Waals surface area contributed by atoms with Crippen LogP contribution in [0.1, 0.15) is 36.3 Å². The Morgan fingerprint density at radius 2 is 1.67 bits per heavy atom. The number of ether oxygens (including phenoxy) is 2. The molecule has 3 N–H and O–H groups in total. The average Bonchev–Trinajstić information content (AvgIpc) is 3.40. The molecule has 174 valence electrons. The van der Waals surface area contributed by atoms with Crippen molar-refractivity contribution >= 4 is 18.0 Å². The minimum atomic E-state index is -1.14. The number of carbonyl (C=O) groups is 3. The monoisotopic (exact) mass is 452 g/mol. The van der Waals surface area contributed by atoms with Crippen LogP contribution in [0.3, 0.4) is 0 Å². The van der Waals surface area contributed by atoms with Gasteiger partial charge in [-0.3, -0.25) is 4.79 Å². The van der Waals surface area contributed by atoms with Gasteiger partial charge in [0, 0.05) is 25.0 Å². The third-order valence-electron chi connectivity index (χ3n) is 6.42. The van der Waals surface area contributed by atoms with Crippen molar-refractivity contribution in [3.63, 3.8) is 0 Å². The molecule has 0 saturated heterocycles. The number of carboxylic acids is 1. The van der Waals surface area contributed by atoms with E-state index in [1.165, 1.54) is 18.2 Å². The number of hydrogen-bond donors (Lipinski definition) is 3. The van der Waals surface area contributed by atoms with Crippen LogP contribution < -0.4 is 10.6 Å². The SMILES string of the molecule is COC[C@H](NC(=O)[C@@H]1CC[C@H](NC(=O)OCC2c3ccccc3-c3ccccc32)C1)C(=O)O. The van der Waals surface area contributed by atoms with Crippen molar-refractivity contribution in [1.29, 1.82) is 0 Å². The van der Waals surface area contributed by atoms with E-state index in [-0.39, 0.29) is 37.0 Å². The van der Waals surface area contributed by atoms with Gasteiger partial charge in [0.15, 0.2) is 6.04 Å². The quantitative estimate of drug-likeness (QED) is 0.568. The molecule has 3 atom stereocenters. The minimum absolute atomic E-state index is 0.0148. The van der Waals surface area contributed by atoms with Gasteiger partial charge < -0.3 is 25.2 Å². The first kappa shape index (κ1) is 22.8. The molecule has 8 heteroatoms. The highest BCUT2D eigenvalue weighted by molar-refractivity contribution is 5.85. The predicted molar refractivity (Wildman–Crippen MR) is 121 cm³/mol. The van der Waals surface area contributed by atoms with Crippen LogP contribution in [-0.4, -0.2) is 55.5 Å². The minimum Gasteiger partial charge on any atom is -0.480 e. The first-order valence-electron chi connectivity index (χ1n) is 11.1. The van der Waals surface area contributed by atoms with Gasteiger partial charge in [-0.15, -0.1) is 0 Å². The molecule has 2 aromatic rings. The summed E-state index contributed by atoms with van der Waals surface area (Å²) < 4.78 is 10.4. The van der Waals surface area contributed by atoms with Crippen molar-refractivity contribution in [2.24, 2.45) is 5.92 Å². The molecule has 0 bridgehead atoms. The number of alkyl carbamates (subject to hydrolysis) is 1. The van der Waals surface area contributed by atoms with Gasteiger partial charge in [0.25, 0.3) is 0 Å². The molecular weight excluding hydrogens is 424 g/mol. The Morgan fingerprint density at radius 1 is 1.03 bits per heavy atom. The van der Waals surface area contributed by atoms with Crippen molar-refractivity contribution in [1.82, 2.24) is 10.6 Å². The van der Waals surface area contributed by atoms with E-state index in [0.717, 1.165) is 11.1 Å². The summed E-state index contributed by atoms with van der Waals surface area (Å²) >= 11 is 0. The smallest absolute Gasteiger partial charge is 0.407 e. The lowest BCUT2D eigenvalue weighted by Gasteiger charge is -2.18. The molecule has 33 heavy (non-hydrogen) atoms. The third-order valence-corrected chi connectivity index (χ3v) is 6.42. The van der Waals surface area contributed by atoms with Gasteiger partial charge in [0.05, 0.1) is 6.61 Å². The summed E-state index contributed by atoms with van der Waals surface area (Å²) in [6, 6.07) is 15.0. The summed E-state index contributed by atoms with van der Waals surface area (Å²) in [5.74, 6) is -1.85. The van der Waals surface area contributed by atoms with E-state index in [1.807, 2.05) is 24.3 Å². The molecule has 2 aliphatic rings. The summed E-state index contributed by atoms with van der Waals surface area (Å²) in [5, 5.41) is 14.5. The van der Waals surface area contributed by atoms with Crippen molar-refractivity contribution in [2.75, 3.05) is 20.3 Å². The number of nitrogens with one attached hydrogen (secondary N) is 2. The second-order valence-electron chi connectivity index (χ2n) is 8.53. The number of aliphatic carboxylic acids is 1. The maximum absolute atomic E-state index is 12.5. The van der Waals surface area contributed by atoms with Crippen molar-refractivity contribution < 1.29 is 29.0 Å². The molecule has 2 aromatic carbocycles. The van der Waals surface area contributed by atoms with Crippen LogP contribution in [-0.2, 0) is 19.1 Å². The largest absolute Gasteiger partial charge is 0.480 e. The molecule has 4 rings (SSSR count). The summed E-state index contributed by atoms with van der Waals surface area (Å²) in [5.41, 5.74) is 4.63. The molecule has 0 heterocycles. The first-order chi connectivity index (χ1) is 16.0. The maximum Gasteiger partial charge on any atom is 0.407 e. The van der Waals surface area contributed by atoms with Gasteiger partial charge in [-0.25, -0.2) is 9.59 Å². The number of benzene rings is 2. The fraction of sp³-hybridized carbons (Fsp3) is 0.400. The Kier molecular flexibility index (Phi) is 6.93. The van der Waals surface area contributed by atoms with Gasteiger partial charge in [-0.1, -0.05) is 48.5 Å². The van der Waals surface area contributed by atoms with Gasteiger partial charge in [0.1, 0.15) is 6.61 Å². The van der Waals surface area contributed by atoms with Crippen molar-refractivity contribution in [2.45, 2.75) is 37.3 Å². The molecule has 0 unspecified atom stereocenters. The predicted octanol–water partition coefficient (Wildman–Crippen LogP) is 2.91. The Hall–Kier alpha value is -3.39. The Labute approximate surface area is 192 Å². The molecule has 0 spiro atoms. The van der Waals surface area contributed by atoms with Crippen LogP contribution in [0.4, 0.5) is 4.79 Å². The first-order valence-corrected chi connectivity index (χ1v) is 11.1. The van der Waals surface area contributed by atoms with Crippen LogP contribution in [0.2, 0.25) is 0 Å². The van der Waals surface area contributed by atoms with E-state index in [4.69, 9.17) is 9.47 Å². The molecule has 1 fully saturated rings. The van der Waals surface area contributed by atoms with E-state index < -0.39 is 18.1 Å². The zero-order valence-corrected chi connectivity index (χ0v) is 18.5. The standard InChI is InChI=1S/C25H28N2O6/c1-32-14-22(24(29)30)27-23(28)15-10-11-16(12-15)26-25(31)33-13-21-19-8-4-2-6-17(19)18-7-3-5-9-20(18)21/h2-9,15-16,21-22H,10-14H2,1H3,(H,26,31)(H,27,28)(H,29,30)/t15-,16+,22+/m1/s1. The lowest BCUT2D eigenvalue weighted by Crippen LogP contribution is -2.46. The lowest BCUT2D eigenvalue weighted by molar-refractivity contribution is -0.144. The normalized spacial score (nSPS) is 19.9. The highest BCUT2D eigenvalue weighted by atomic mass is 16.5. The molecule has 0 aromatic heterocycles. The zero-order chi connectivity index (χ0) is 23.4. The number of rotatable bonds is 8. The second-order valence-corrected chi connectivity index (χ2v) is 8.53. The van der Waals surface area contributed by atoms with E-state index in [1.54, 1.807) is 0 Å². The Morgan fingerprint density at radius 3 is 2.27 bits per heavy atom. The lowest BCUT2D eigenvalue weighted by atomic mass is 9.98. The summed E-state index contributed by atoms with van der Waals surface area (Å²) in [4.78, 5) is 36.1. The fourth-order valence-electron chi connectivity index (χ4n) is 4.79. The van der Waals surface area contributed by atoms with E-state index in [2.05, 4.69) is 34.9 Å². The highest BCUT2D eigenvalue weighted by Gasteiger charge is 2.34. The van der Waals surface area contributed by atoms with Gasteiger partial charge in [-0.2, -0.15) is 0 Å². The van der Waals surface area contributed by atoms with Crippen molar-refractivity contribution in [3.8, 4) is 11.1 Å². The average molecular weight is 453 g/mol. The Balaban J connectivity index is 1.29. The molecule has 0 radical (unpaired) electrons. The summed E-state index contributed by atoms with van der Waals surface area (Å²) in [6.45, 7) is 0.128. The van der Waals surface area contributed by atoms with Gasteiger partial charge in [-0.05, 0) is 41.5 Å². The topological polar surface area (TPSA) is 114 Å². The van der Waals surface area contributed by atoms with Crippen LogP contribution in [0.5, 0.6) is 0 Å². The van der Waals surface area contributed by atoms with E-state index >= 15 is 0 Å². The number of amides is 2. The van der Waals surface area contributed by atoms with Crippen molar-refractivity contribution in [3.05, 3.63) is 59.7 Å². The molecular formula is C25H28N2O6. The molecule has 8 nitrogen and oxygen atoms in total. The Bertz CT molecular complexity index is 994. The van der Waals surface area contributed by atoms with Crippen LogP contribution >= 0.6 is 0 Å².